The van der Waals surface area contributed by atoms with Crippen molar-refractivity contribution < 1.29 is 27.5 Å². The quantitative estimate of drug-likeness (QED) is 0.284. The van der Waals surface area contributed by atoms with Crippen molar-refractivity contribution in [3.8, 4) is 5.75 Å². The molecular weight excluding hydrogens is 514 g/mol. The molecule has 216 valence electrons. The van der Waals surface area contributed by atoms with Crippen LogP contribution in [-0.2, 0) is 36.0 Å². The van der Waals surface area contributed by atoms with Gasteiger partial charge in [-0.2, -0.15) is 0 Å². The highest BCUT2D eigenvalue weighted by Crippen LogP contribution is 2.37. The van der Waals surface area contributed by atoms with E-state index in [4.69, 9.17) is 9.47 Å². The lowest BCUT2D eigenvalue weighted by molar-refractivity contribution is -0.139. The molecule has 0 heterocycles. The molecule has 0 saturated carbocycles. The van der Waals surface area contributed by atoms with Crippen molar-refractivity contribution >= 4 is 27.4 Å². The van der Waals surface area contributed by atoms with Gasteiger partial charge in [0.25, 0.3) is 0 Å². The Kier molecular flexibility index (Phi) is 11.6. The number of carbonyl (C=O) groups is 2. The highest BCUT2D eigenvalue weighted by atomic mass is 32.2. The summed E-state index contributed by atoms with van der Waals surface area (Å²) in [4.78, 5) is 25.5. The third kappa shape index (κ3) is 9.38. The van der Waals surface area contributed by atoms with E-state index in [2.05, 4.69) is 39.9 Å². The second-order valence-electron chi connectivity index (χ2n) is 11.5. The van der Waals surface area contributed by atoms with Crippen LogP contribution in [-0.4, -0.2) is 40.3 Å². The maximum absolute atomic E-state index is 13.5. The fraction of sp³-hybridized carbons (Fsp3) is 0.548. The van der Waals surface area contributed by atoms with Crippen LogP contribution in [0.3, 0.4) is 0 Å². The fourth-order valence-electron chi connectivity index (χ4n) is 4.69. The van der Waals surface area contributed by atoms with Crippen molar-refractivity contribution in [3.05, 3.63) is 53.1 Å². The summed E-state index contributed by atoms with van der Waals surface area (Å²) in [5.41, 5.74) is 2.97. The molecule has 0 spiro atoms. The fourth-order valence-corrected chi connectivity index (χ4v) is 6.15. The monoisotopic (exact) mass is 559 g/mol. The molecule has 1 amide bonds. The van der Waals surface area contributed by atoms with Crippen LogP contribution in [0.15, 0.2) is 41.3 Å². The predicted octanol–water partition coefficient (Wildman–Crippen LogP) is 6.44. The standard InChI is InChI=1S/C31H45NO6S/c1-9-10-15-39(35,36)24-12-13-25(28(20-24)37-7)23(16-21(2)3)19-29(33)32-27-17-22(18-30(34)38-8)11-14-26(27)31(4,5)6/h11-14,17,20-21,23H,9-10,15-16,18-19H2,1-8H3,(H,32,33). The molecule has 0 bridgehead atoms. The number of carbonyl (C=O) groups excluding carboxylic acids is 2. The van der Waals surface area contributed by atoms with E-state index in [0.29, 0.717) is 23.8 Å². The van der Waals surface area contributed by atoms with Crippen molar-refractivity contribution in [1.29, 1.82) is 0 Å². The van der Waals surface area contributed by atoms with Gasteiger partial charge in [0.1, 0.15) is 5.75 Å². The Morgan fingerprint density at radius 1 is 1.03 bits per heavy atom. The number of esters is 1. The molecule has 0 radical (unpaired) electrons. The Labute approximate surface area is 234 Å². The number of rotatable bonds is 13. The van der Waals surface area contributed by atoms with E-state index in [1.54, 1.807) is 18.2 Å². The summed E-state index contributed by atoms with van der Waals surface area (Å²) >= 11 is 0. The molecule has 0 aliphatic heterocycles. The Bertz CT molecular complexity index is 1240. The van der Waals surface area contributed by atoms with Crippen molar-refractivity contribution in [3.63, 3.8) is 0 Å². The maximum Gasteiger partial charge on any atom is 0.309 e. The first-order valence-corrected chi connectivity index (χ1v) is 15.3. The largest absolute Gasteiger partial charge is 0.496 e. The SMILES string of the molecule is CCCCS(=O)(=O)c1ccc(C(CC(=O)Nc2cc(CC(=O)OC)ccc2C(C)(C)C)CC(C)C)c(OC)c1. The molecule has 1 N–H and O–H groups in total. The van der Waals surface area contributed by atoms with Gasteiger partial charge >= 0.3 is 5.97 Å². The lowest BCUT2D eigenvalue weighted by atomic mass is 9.84. The number of nitrogens with one attached hydrogen (secondary N) is 1. The molecule has 0 fully saturated rings. The van der Waals surface area contributed by atoms with Crippen molar-refractivity contribution in [2.45, 2.75) is 89.9 Å². The Balaban J connectivity index is 2.40. The van der Waals surface area contributed by atoms with Gasteiger partial charge in [-0.3, -0.25) is 9.59 Å². The molecule has 0 aliphatic carbocycles. The van der Waals surface area contributed by atoms with Gasteiger partial charge in [0.15, 0.2) is 9.84 Å². The smallest absolute Gasteiger partial charge is 0.309 e. The van der Waals surface area contributed by atoms with Gasteiger partial charge in [-0.15, -0.1) is 0 Å². The van der Waals surface area contributed by atoms with Crippen molar-refractivity contribution in [1.82, 2.24) is 0 Å². The Morgan fingerprint density at radius 2 is 1.72 bits per heavy atom. The lowest BCUT2D eigenvalue weighted by Gasteiger charge is -2.25. The summed E-state index contributed by atoms with van der Waals surface area (Å²) in [5.74, 6) is 0.178. The summed E-state index contributed by atoms with van der Waals surface area (Å²) in [6.45, 7) is 12.4. The number of hydrogen-bond donors (Lipinski definition) is 1. The average Bonchev–Trinajstić information content (AvgIpc) is 2.85. The predicted molar refractivity (Wildman–Crippen MR) is 156 cm³/mol. The number of amides is 1. The van der Waals surface area contributed by atoms with Gasteiger partial charge in [0.05, 0.1) is 31.3 Å². The summed E-state index contributed by atoms with van der Waals surface area (Å²) in [5, 5.41) is 3.09. The molecule has 7 nitrogen and oxygen atoms in total. The molecule has 0 aromatic heterocycles. The lowest BCUT2D eigenvalue weighted by Crippen LogP contribution is -2.21. The molecular formula is C31H45NO6S. The highest BCUT2D eigenvalue weighted by molar-refractivity contribution is 7.91. The minimum Gasteiger partial charge on any atom is -0.496 e. The van der Waals surface area contributed by atoms with Crippen molar-refractivity contribution in [2.75, 3.05) is 25.3 Å². The second-order valence-corrected chi connectivity index (χ2v) is 13.6. The Hall–Kier alpha value is -2.87. The van der Waals surface area contributed by atoms with Crippen LogP contribution in [0.1, 0.15) is 89.8 Å². The van der Waals surface area contributed by atoms with Crippen LogP contribution in [0, 0.1) is 5.92 Å². The van der Waals surface area contributed by atoms with E-state index >= 15 is 0 Å². The molecule has 1 unspecified atom stereocenters. The van der Waals surface area contributed by atoms with Crippen LogP contribution in [0.2, 0.25) is 0 Å². The summed E-state index contributed by atoms with van der Waals surface area (Å²) in [6.07, 6.45) is 2.43. The van der Waals surface area contributed by atoms with Gasteiger partial charge < -0.3 is 14.8 Å². The van der Waals surface area contributed by atoms with Crippen molar-refractivity contribution in [2.24, 2.45) is 5.92 Å². The Morgan fingerprint density at radius 3 is 2.28 bits per heavy atom. The molecule has 2 aromatic carbocycles. The molecule has 0 aliphatic rings. The third-order valence-electron chi connectivity index (χ3n) is 6.70. The molecule has 2 rings (SSSR count). The number of methoxy groups -OCH3 is 2. The summed E-state index contributed by atoms with van der Waals surface area (Å²) in [6, 6.07) is 10.7. The molecule has 2 aromatic rings. The second kappa shape index (κ2) is 14.0. The minimum absolute atomic E-state index is 0.0922. The number of sulfone groups is 1. The van der Waals surface area contributed by atoms with E-state index in [-0.39, 0.29) is 46.7 Å². The highest BCUT2D eigenvalue weighted by Gasteiger charge is 2.25. The number of anilines is 1. The van der Waals surface area contributed by atoms with E-state index in [1.807, 2.05) is 25.1 Å². The van der Waals surface area contributed by atoms with Crippen LogP contribution in [0.5, 0.6) is 5.75 Å². The molecule has 1 atom stereocenters. The average molecular weight is 560 g/mol. The number of ether oxygens (including phenoxy) is 2. The zero-order valence-corrected chi connectivity index (χ0v) is 25.5. The van der Waals surface area contributed by atoms with E-state index in [9.17, 15) is 18.0 Å². The van der Waals surface area contributed by atoms with Gasteiger partial charge in [-0.05, 0) is 65.0 Å². The van der Waals surface area contributed by atoms with Crippen LogP contribution in [0.25, 0.3) is 0 Å². The van der Waals surface area contributed by atoms with Crippen LogP contribution < -0.4 is 10.1 Å². The minimum atomic E-state index is -3.41. The first-order chi connectivity index (χ1) is 18.2. The third-order valence-corrected chi connectivity index (χ3v) is 8.50. The summed E-state index contributed by atoms with van der Waals surface area (Å²) in [7, 11) is -0.534. The van der Waals surface area contributed by atoms with E-state index < -0.39 is 9.84 Å². The maximum atomic E-state index is 13.5. The van der Waals surface area contributed by atoms with Gasteiger partial charge in [-0.25, -0.2) is 8.42 Å². The number of hydrogen-bond acceptors (Lipinski definition) is 6. The van der Waals surface area contributed by atoms with E-state index in [1.165, 1.54) is 14.2 Å². The molecule has 39 heavy (non-hydrogen) atoms. The van der Waals surface area contributed by atoms with Gasteiger partial charge in [-0.1, -0.05) is 66.2 Å². The first kappa shape index (κ1) is 32.3. The number of benzene rings is 2. The number of unbranched alkanes of at least 4 members (excludes halogenated alkanes) is 1. The van der Waals surface area contributed by atoms with Crippen LogP contribution >= 0.6 is 0 Å². The summed E-state index contributed by atoms with van der Waals surface area (Å²) < 4.78 is 36.0. The zero-order chi connectivity index (χ0) is 29.4. The van der Waals surface area contributed by atoms with Gasteiger partial charge in [0.2, 0.25) is 5.91 Å². The van der Waals surface area contributed by atoms with Crippen LogP contribution in [0.4, 0.5) is 5.69 Å². The topological polar surface area (TPSA) is 98.8 Å². The zero-order valence-electron chi connectivity index (χ0n) is 24.7. The van der Waals surface area contributed by atoms with Gasteiger partial charge in [0, 0.05) is 12.1 Å². The molecule has 8 heteroatoms. The van der Waals surface area contributed by atoms with E-state index in [0.717, 1.165) is 29.5 Å². The normalized spacial score (nSPS) is 12.7. The first-order valence-electron chi connectivity index (χ1n) is 13.6. The molecule has 0 saturated heterocycles.